The van der Waals surface area contributed by atoms with Gasteiger partial charge in [0.15, 0.2) is 0 Å². The first kappa shape index (κ1) is 29.3. The largest absolute Gasteiger partial charge is 0.469 e. The van der Waals surface area contributed by atoms with Crippen molar-refractivity contribution in [2.75, 3.05) is 6.61 Å². The fourth-order valence-corrected chi connectivity index (χ4v) is 3.57. The van der Waals surface area contributed by atoms with Crippen LogP contribution in [0.5, 0.6) is 0 Å². The lowest BCUT2D eigenvalue weighted by atomic mass is 10.0. The monoisotopic (exact) mass is 447 g/mol. The molecule has 30 heavy (non-hydrogen) atoms. The minimum atomic E-state index is -4.51. The molecule has 0 aliphatic heterocycles. The van der Waals surface area contributed by atoms with Crippen LogP contribution in [0.15, 0.2) is 12.2 Å². The highest BCUT2D eigenvalue weighted by atomic mass is 31.2. The second-order valence-electron chi connectivity index (χ2n) is 8.54. The average Bonchev–Trinajstić information content (AvgIpc) is 2.67. The highest BCUT2D eigenvalue weighted by Crippen LogP contribution is 2.36. The summed E-state index contributed by atoms with van der Waals surface area (Å²) in [5.41, 5.74) is 0. The van der Waals surface area contributed by atoms with Crippen LogP contribution in [0, 0.1) is 5.92 Å². The van der Waals surface area contributed by atoms with Crippen LogP contribution in [-0.2, 0) is 13.9 Å². The maximum atomic E-state index is 12.0. The molecule has 3 N–H and O–H groups in total. The van der Waals surface area contributed by atoms with E-state index in [2.05, 4.69) is 28.9 Å². The van der Waals surface area contributed by atoms with Gasteiger partial charge in [0.2, 0.25) is 5.91 Å². The van der Waals surface area contributed by atoms with Gasteiger partial charge in [-0.2, -0.15) is 0 Å². The third kappa shape index (κ3) is 20.6. The van der Waals surface area contributed by atoms with E-state index in [4.69, 9.17) is 9.79 Å². The summed E-state index contributed by atoms with van der Waals surface area (Å²) in [5.74, 6) is -0.0461. The Morgan fingerprint density at radius 3 is 1.90 bits per heavy atom. The average molecular weight is 448 g/mol. The Morgan fingerprint density at radius 1 is 0.900 bits per heavy atom. The van der Waals surface area contributed by atoms with Crippen molar-refractivity contribution in [3.05, 3.63) is 12.2 Å². The number of phosphoric ester groups is 1. The van der Waals surface area contributed by atoms with Crippen LogP contribution in [0.2, 0.25) is 0 Å². The fraction of sp³-hybridized carbons (Fsp3) is 0.870. The molecule has 0 bridgehead atoms. The molecule has 0 unspecified atom stereocenters. The zero-order chi connectivity index (χ0) is 22.7. The lowest BCUT2D eigenvalue weighted by molar-refractivity contribution is -0.122. The Kier molecular flexibility index (Phi) is 18.6. The molecular weight excluding hydrogens is 401 g/mol. The van der Waals surface area contributed by atoms with E-state index in [0.717, 1.165) is 25.7 Å². The summed E-state index contributed by atoms with van der Waals surface area (Å²) in [6.07, 6.45) is 20.9. The Morgan fingerprint density at radius 2 is 1.40 bits per heavy atom. The van der Waals surface area contributed by atoms with Crippen LogP contribution in [-0.4, -0.2) is 28.3 Å². The minimum absolute atomic E-state index is 0.0367. The van der Waals surface area contributed by atoms with E-state index in [1.165, 1.54) is 57.8 Å². The quantitative estimate of drug-likeness (QED) is 0.116. The molecule has 0 saturated carbocycles. The van der Waals surface area contributed by atoms with Crippen LogP contribution in [0.3, 0.4) is 0 Å². The molecule has 1 atom stereocenters. The topological polar surface area (TPSA) is 95.9 Å². The number of carbonyl (C=O) groups is 1. The first-order chi connectivity index (χ1) is 14.3. The number of nitrogens with one attached hydrogen (secondary N) is 1. The van der Waals surface area contributed by atoms with E-state index in [1.54, 1.807) is 0 Å². The maximum absolute atomic E-state index is 12.0. The second kappa shape index (κ2) is 19.0. The zero-order valence-corrected chi connectivity index (χ0v) is 20.4. The molecule has 0 aromatic carbocycles. The molecule has 178 valence electrons. The summed E-state index contributed by atoms with van der Waals surface area (Å²) in [5, 5.41) is 2.82. The summed E-state index contributed by atoms with van der Waals surface area (Å²) in [6.45, 7) is 5.84. The number of rotatable bonds is 20. The van der Waals surface area contributed by atoms with E-state index in [9.17, 15) is 9.36 Å². The molecule has 0 rings (SSSR count). The van der Waals surface area contributed by atoms with Gasteiger partial charge in [-0.3, -0.25) is 9.32 Å². The van der Waals surface area contributed by atoms with Gasteiger partial charge >= 0.3 is 7.82 Å². The van der Waals surface area contributed by atoms with Gasteiger partial charge < -0.3 is 15.1 Å². The van der Waals surface area contributed by atoms with Gasteiger partial charge in [0.1, 0.15) is 0 Å². The Labute approximate surface area is 184 Å². The van der Waals surface area contributed by atoms with Crippen molar-refractivity contribution in [3.8, 4) is 0 Å². The molecule has 0 radical (unpaired) electrons. The summed E-state index contributed by atoms with van der Waals surface area (Å²) in [4.78, 5) is 29.7. The summed E-state index contributed by atoms with van der Waals surface area (Å²) < 4.78 is 15.4. The number of unbranched alkanes of at least 4 members (excludes halogenated alkanes) is 11. The Hall–Kier alpha value is -0.680. The van der Waals surface area contributed by atoms with E-state index in [0.29, 0.717) is 6.42 Å². The number of phosphoric acid groups is 1. The molecule has 7 heteroatoms. The van der Waals surface area contributed by atoms with Crippen LogP contribution in [0.4, 0.5) is 0 Å². The van der Waals surface area contributed by atoms with Gasteiger partial charge in [-0.25, -0.2) is 4.57 Å². The zero-order valence-electron chi connectivity index (χ0n) is 19.5. The van der Waals surface area contributed by atoms with E-state index >= 15 is 0 Å². The number of hydrogen-bond acceptors (Lipinski definition) is 3. The van der Waals surface area contributed by atoms with Crippen molar-refractivity contribution in [3.63, 3.8) is 0 Å². The summed E-state index contributed by atoms with van der Waals surface area (Å²) >= 11 is 0. The Balaban J connectivity index is 3.61. The summed E-state index contributed by atoms with van der Waals surface area (Å²) in [7, 11) is -4.51. The third-order valence-electron chi connectivity index (χ3n) is 5.24. The molecule has 0 aromatic rings. The number of hydrogen-bond donors (Lipinski definition) is 3. The number of allylic oxidation sites excluding steroid dienone is 2. The normalized spacial score (nSPS) is 13.3. The molecular formula is C23H46NO5P. The second-order valence-corrected chi connectivity index (χ2v) is 9.78. The molecule has 0 saturated heterocycles. The molecule has 0 spiro atoms. The van der Waals surface area contributed by atoms with Crippen molar-refractivity contribution in [1.29, 1.82) is 0 Å². The molecule has 6 nitrogen and oxygen atoms in total. The highest BCUT2D eigenvalue weighted by Gasteiger charge is 2.21. The van der Waals surface area contributed by atoms with Gasteiger partial charge in [-0.05, 0) is 38.0 Å². The fourth-order valence-electron chi connectivity index (χ4n) is 3.21. The highest BCUT2D eigenvalue weighted by molar-refractivity contribution is 7.46. The predicted octanol–water partition coefficient (Wildman–Crippen LogP) is 6.27. The molecule has 0 aliphatic carbocycles. The lowest BCUT2D eigenvalue weighted by Crippen LogP contribution is -2.41. The first-order valence-electron chi connectivity index (χ1n) is 11.9. The van der Waals surface area contributed by atoms with Crippen LogP contribution < -0.4 is 5.32 Å². The smallest absolute Gasteiger partial charge is 0.351 e. The van der Waals surface area contributed by atoms with Gasteiger partial charge in [0.05, 0.1) is 12.6 Å². The third-order valence-corrected chi connectivity index (χ3v) is 5.72. The minimum Gasteiger partial charge on any atom is -0.351 e. The van der Waals surface area contributed by atoms with Crippen molar-refractivity contribution < 1.29 is 23.7 Å². The molecule has 1 amide bonds. The number of amides is 1. The van der Waals surface area contributed by atoms with Crippen LogP contribution >= 0.6 is 7.82 Å². The Bertz CT molecular complexity index is 490. The summed E-state index contributed by atoms with van der Waals surface area (Å²) in [6, 6.07) is -0.395. The molecule has 0 aromatic heterocycles. The lowest BCUT2D eigenvalue weighted by Gasteiger charge is -2.22. The van der Waals surface area contributed by atoms with E-state index in [1.807, 2.05) is 13.8 Å². The van der Waals surface area contributed by atoms with Gasteiger partial charge in [0.25, 0.3) is 0 Å². The van der Waals surface area contributed by atoms with Crippen LogP contribution in [0.25, 0.3) is 0 Å². The molecule has 0 fully saturated rings. The van der Waals surface area contributed by atoms with E-state index in [-0.39, 0.29) is 18.4 Å². The molecule has 0 heterocycles. The van der Waals surface area contributed by atoms with Gasteiger partial charge in [0, 0.05) is 6.42 Å². The van der Waals surface area contributed by atoms with Gasteiger partial charge in [-0.15, -0.1) is 0 Å². The maximum Gasteiger partial charge on any atom is 0.469 e. The predicted molar refractivity (Wildman–Crippen MR) is 124 cm³/mol. The SMILES string of the molecule is CCCCCCCC/C=C\CCCCCCCC(=O)N[C@@H](COP(=O)(O)O)C(C)C. The first-order valence-corrected chi connectivity index (χ1v) is 13.4. The number of carbonyl (C=O) groups excluding carboxylic acids is 1. The van der Waals surface area contributed by atoms with Crippen molar-refractivity contribution in [2.24, 2.45) is 5.92 Å². The van der Waals surface area contributed by atoms with Gasteiger partial charge in [-0.1, -0.05) is 84.3 Å². The van der Waals surface area contributed by atoms with Crippen molar-refractivity contribution >= 4 is 13.7 Å². The van der Waals surface area contributed by atoms with E-state index < -0.39 is 13.9 Å². The standard InChI is InChI=1S/C23H46NO5P/c1-4-5-6-7-8-9-10-11-12-13-14-15-16-17-18-19-23(25)24-22(21(2)3)20-29-30(26,27)28/h11-12,21-22H,4-10,13-20H2,1-3H3,(H,24,25)(H2,26,27,28)/b12-11-/t22-/m0/s1. The molecule has 0 aliphatic rings. The van der Waals surface area contributed by atoms with Crippen LogP contribution in [0.1, 0.15) is 111 Å². The van der Waals surface area contributed by atoms with Crippen molar-refractivity contribution in [1.82, 2.24) is 5.32 Å². The van der Waals surface area contributed by atoms with Crippen molar-refractivity contribution in [2.45, 2.75) is 117 Å².